The average molecular weight is 382 g/mol. The van der Waals surface area contributed by atoms with Crippen LogP contribution in [0.25, 0.3) is 5.57 Å². The summed E-state index contributed by atoms with van der Waals surface area (Å²) in [4.78, 5) is 2.03. The van der Waals surface area contributed by atoms with Gasteiger partial charge in [-0.15, -0.1) is 0 Å². The molecule has 0 radical (unpaired) electrons. The van der Waals surface area contributed by atoms with Crippen LogP contribution in [-0.2, 0) is 9.31 Å². The molecule has 0 aromatic heterocycles. The van der Waals surface area contributed by atoms with Gasteiger partial charge in [0.15, 0.2) is 0 Å². The number of nitrogens with zero attached hydrogens (tertiary/aromatic N) is 1. The lowest BCUT2D eigenvalue weighted by atomic mass is 9.82. The first-order valence-electron chi connectivity index (χ1n) is 9.23. The lowest BCUT2D eigenvalue weighted by Crippen LogP contribution is -2.44. The summed E-state index contributed by atoms with van der Waals surface area (Å²) in [6.45, 7) is 10.5. The average Bonchev–Trinajstić information content (AvgIpc) is 2.81. The normalized spacial score (nSPS) is 23.4. The van der Waals surface area contributed by atoms with Gasteiger partial charge in [-0.25, -0.2) is 13.2 Å². The van der Waals surface area contributed by atoms with E-state index in [-0.39, 0.29) is 17.7 Å². The Hall–Kier alpha value is -1.35. The van der Waals surface area contributed by atoms with Crippen LogP contribution >= 0.6 is 0 Å². The Kier molecular flexibility index (Phi) is 5.73. The summed E-state index contributed by atoms with van der Waals surface area (Å²) in [5.74, 6) is -1.50. The second-order valence-electron chi connectivity index (χ2n) is 8.07. The fourth-order valence-corrected chi connectivity index (χ4v) is 3.21. The van der Waals surface area contributed by atoms with Gasteiger partial charge in [-0.3, -0.25) is 4.90 Å². The lowest BCUT2D eigenvalue weighted by molar-refractivity contribution is 0.00578. The third-order valence-corrected chi connectivity index (χ3v) is 5.60. The van der Waals surface area contributed by atoms with E-state index < -0.39 is 35.7 Å². The SMILES string of the molecule is CC1(C)OB(C(F)=C(CN2CCNCC2)c2ccc(F)cc2F)OC1(C)C. The minimum absolute atomic E-state index is 0.0298. The monoisotopic (exact) mass is 382 g/mol. The molecule has 2 saturated heterocycles. The van der Waals surface area contributed by atoms with Gasteiger partial charge in [-0.05, 0) is 39.8 Å². The van der Waals surface area contributed by atoms with E-state index in [1.165, 1.54) is 6.07 Å². The maximum Gasteiger partial charge on any atom is 0.525 e. The Bertz CT molecular complexity index is 718. The second-order valence-corrected chi connectivity index (χ2v) is 8.07. The zero-order chi connectivity index (χ0) is 19.8. The maximum absolute atomic E-state index is 15.5. The number of hydrogen-bond donors (Lipinski definition) is 1. The molecule has 0 bridgehead atoms. The van der Waals surface area contributed by atoms with E-state index in [0.717, 1.165) is 25.2 Å². The molecule has 0 aliphatic carbocycles. The molecule has 2 heterocycles. The van der Waals surface area contributed by atoms with Crippen LogP contribution in [0.5, 0.6) is 0 Å². The number of piperazine rings is 1. The van der Waals surface area contributed by atoms with E-state index in [2.05, 4.69) is 5.32 Å². The Balaban J connectivity index is 1.98. The van der Waals surface area contributed by atoms with Crippen LogP contribution in [-0.4, -0.2) is 55.9 Å². The smallest absolute Gasteiger partial charge is 0.398 e. The number of hydrogen-bond acceptors (Lipinski definition) is 4. The number of nitrogens with one attached hydrogen (secondary N) is 1. The third kappa shape index (κ3) is 4.24. The summed E-state index contributed by atoms with van der Waals surface area (Å²) in [5.41, 5.74) is -1.93. The predicted octanol–water partition coefficient (Wildman–Crippen LogP) is 3.18. The molecule has 0 spiro atoms. The molecule has 8 heteroatoms. The van der Waals surface area contributed by atoms with E-state index in [1.54, 1.807) is 0 Å². The molecule has 0 amide bonds. The highest BCUT2D eigenvalue weighted by Crippen LogP contribution is 2.40. The van der Waals surface area contributed by atoms with Crippen LogP contribution in [0.1, 0.15) is 33.3 Å². The minimum atomic E-state index is -1.22. The van der Waals surface area contributed by atoms with E-state index in [0.29, 0.717) is 13.1 Å². The van der Waals surface area contributed by atoms with Crippen LogP contribution < -0.4 is 5.32 Å². The highest BCUT2D eigenvalue weighted by molar-refractivity contribution is 6.55. The van der Waals surface area contributed by atoms with Crippen molar-refractivity contribution in [1.82, 2.24) is 10.2 Å². The van der Waals surface area contributed by atoms with E-state index >= 15 is 4.39 Å². The molecule has 1 aromatic carbocycles. The molecule has 0 atom stereocenters. The Labute approximate surface area is 158 Å². The van der Waals surface area contributed by atoms with E-state index in [9.17, 15) is 8.78 Å². The number of rotatable bonds is 4. The van der Waals surface area contributed by atoms with Gasteiger partial charge < -0.3 is 14.6 Å². The summed E-state index contributed by atoms with van der Waals surface area (Å²) in [6, 6.07) is 3.17. The van der Waals surface area contributed by atoms with Crippen molar-refractivity contribution in [2.24, 2.45) is 0 Å². The van der Waals surface area contributed by atoms with Crippen molar-refractivity contribution in [2.75, 3.05) is 32.7 Å². The summed E-state index contributed by atoms with van der Waals surface area (Å²) >= 11 is 0. The van der Waals surface area contributed by atoms with Gasteiger partial charge >= 0.3 is 7.12 Å². The van der Waals surface area contributed by atoms with Crippen molar-refractivity contribution in [3.8, 4) is 0 Å². The molecule has 2 fully saturated rings. The number of benzene rings is 1. The highest BCUT2D eigenvalue weighted by atomic mass is 19.1. The predicted molar refractivity (Wildman–Crippen MR) is 99.8 cm³/mol. The molecule has 148 valence electrons. The largest absolute Gasteiger partial charge is 0.525 e. The quantitative estimate of drug-likeness (QED) is 0.812. The van der Waals surface area contributed by atoms with Crippen molar-refractivity contribution in [1.29, 1.82) is 0 Å². The fraction of sp³-hybridized carbons (Fsp3) is 0.579. The maximum atomic E-state index is 15.5. The van der Waals surface area contributed by atoms with Crippen molar-refractivity contribution in [3.05, 3.63) is 41.1 Å². The first-order chi connectivity index (χ1) is 12.6. The Morgan fingerprint density at radius 3 is 2.26 bits per heavy atom. The highest BCUT2D eigenvalue weighted by Gasteiger charge is 2.53. The minimum Gasteiger partial charge on any atom is -0.398 e. The first kappa shape index (κ1) is 20.4. The van der Waals surface area contributed by atoms with Gasteiger partial charge in [0, 0.05) is 49.9 Å². The second kappa shape index (κ2) is 7.58. The third-order valence-electron chi connectivity index (χ3n) is 5.60. The molecule has 0 unspecified atom stereocenters. The zero-order valence-electron chi connectivity index (χ0n) is 16.2. The molecule has 0 saturated carbocycles. The van der Waals surface area contributed by atoms with E-state index in [1.807, 2.05) is 32.6 Å². The zero-order valence-corrected chi connectivity index (χ0v) is 16.2. The molecule has 1 aromatic rings. The van der Waals surface area contributed by atoms with Crippen LogP contribution in [0.3, 0.4) is 0 Å². The topological polar surface area (TPSA) is 33.7 Å². The van der Waals surface area contributed by atoms with Gasteiger partial charge in [0.05, 0.1) is 11.2 Å². The first-order valence-corrected chi connectivity index (χ1v) is 9.23. The van der Waals surface area contributed by atoms with Crippen molar-refractivity contribution >= 4 is 12.7 Å². The standard InChI is InChI=1S/C19H26BF3N2O2/c1-18(2)19(3,4)27-20(26-18)17(23)15(12-25-9-7-24-8-10-25)14-6-5-13(21)11-16(14)22/h5-6,11,24H,7-10,12H2,1-4H3. The molecule has 27 heavy (non-hydrogen) atoms. The van der Waals surface area contributed by atoms with Gasteiger partial charge in [-0.1, -0.05) is 0 Å². The summed E-state index contributed by atoms with van der Waals surface area (Å²) < 4.78 is 54.9. The van der Waals surface area contributed by atoms with Crippen LogP contribution in [0.15, 0.2) is 23.9 Å². The van der Waals surface area contributed by atoms with Gasteiger partial charge in [0.1, 0.15) is 17.4 Å². The molecular formula is C19H26BF3N2O2. The van der Waals surface area contributed by atoms with Crippen LogP contribution in [0, 0.1) is 11.6 Å². The molecule has 3 rings (SSSR count). The Morgan fingerprint density at radius 1 is 1.11 bits per heavy atom. The molecule has 4 nitrogen and oxygen atoms in total. The van der Waals surface area contributed by atoms with Crippen LogP contribution in [0.4, 0.5) is 13.2 Å². The molecule has 1 N–H and O–H groups in total. The molecule has 2 aliphatic rings. The van der Waals surface area contributed by atoms with Crippen LogP contribution in [0.2, 0.25) is 0 Å². The van der Waals surface area contributed by atoms with E-state index in [4.69, 9.17) is 9.31 Å². The lowest BCUT2D eigenvalue weighted by Gasteiger charge is -2.32. The molecule has 2 aliphatic heterocycles. The van der Waals surface area contributed by atoms with Gasteiger partial charge in [0.2, 0.25) is 0 Å². The molecular weight excluding hydrogens is 356 g/mol. The summed E-state index contributed by atoms with van der Waals surface area (Å²) in [7, 11) is -1.22. The van der Waals surface area contributed by atoms with Gasteiger partial charge in [0.25, 0.3) is 0 Å². The van der Waals surface area contributed by atoms with Gasteiger partial charge in [-0.2, -0.15) is 0 Å². The Morgan fingerprint density at radius 2 is 1.70 bits per heavy atom. The fourth-order valence-electron chi connectivity index (χ4n) is 3.21. The summed E-state index contributed by atoms with van der Waals surface area (Å²) in [5, 5.41) is 3.23. The van der Waals surface area contributed by atoms with Crippen molar-refractivity contribution < 1.29 is 22.5 Å². The summed E-state index contributed by atoms with van der Waals surface area (Å²) in [6.07, 6.45) is 0. The van der Waals surface area contributed by atoms with Crippen molar-refractivity contribution in [2.45, 2.75) is 38.9 Å². The van der Waals surface area contributed by atoms with Crippen molar-refractivity contribution in [3.63, 3.8) is 0 Å². The number of halogens is 3.